The molecule has 1 aromatic carbocycles. The molecule has 268 valence electrons. The molecule has 0 unspecified atom stereocenters. The summed E-state index contributed by atoms with van der Waals surface area (Å²) in [7, 11) is 0. The normalized spacial score (nSPS) is 13.7. The van der Waals surface area contributed by atoms with E-state index in [4.69, 9.17) is 16.2 Å². The second-order valence-corrected chi connectivity index (χ2v) is 12.9. The third kappa shape index (κ3) is 14.3. The summed E-state index contributed by atoms with van der Waals surface area (Å²) in [6.07, 6.45) is 4.30. The van der Waals surface area contributed by atoms with E-state index < -0.39 is 58.4 Å². The van der Waals surface area contributed by atoms with Crippen molar-refractivity contribution in [3.8, 4) is 0 Å². The number of thioether (sulfide) groups is 1. The summed E-state index contributed by atoms with van der Waals surface area (Å²) >= 11 is 1.37. The topological polar surface area (TPSA) is 261 Å². The largest absolute Gasteiger partial charge is 0.460 e. The van der Waals surface area contributed by atoms with Gasteiger partial charge in [-0.05, 0) is 63.5 Å². The summed E-state index contributed by atoms with van der Waals surface area (Å²) in [5.41, 5.74) is 11.3. The SMILES string of the molecule is CSC(C)(C)C(=O)OCc1ccc(NC(=O)[C@H](CCCNC(N)=O)NC(=O)[C@H](CCCNC(N)=O)NC(=O)CCN2C(=O)C=CC2=O)cc1. The Labute approximate surface area is 288 Å². The zero-order chi connectivity index (χ0) is 36.6. The number of carbonyl (C=O) groups excluding carboxylic acids is 8. The van der Waals surface area contributed by atoms with Crippen LogP contribution in [-0.4, -0.2) is 95.2 Å². The molecule has 17 nitrogen and oxygen atoms in total. The summed E-state index contributed by atoms with van der Waals surface area (Å²) in [6, 6.07) is 2.74. The third-order valence-electron chi connectivity index (χ3n) is 7.28. The number of imide groups is 1. The number of nitrogens with two attached hydrogens (primary N) is 2. The summed E-state index contributed by atoms with van der Waals surface area (Å²) in [5, 5.41) is 12.7. The Morgan fingerprint density at radius 2 is 1.37 bits per heavy atom. The predicted molar refractivity (Wildman–Crippen MR) is 180 cm³/mol. The number of urea groups is 2. The fraction of sp³-hybridized carbons (Fsp3) is 0.484. The number of esters is 1. The van der Waals surface area contributed by atoms with Crippen LogP contribution in [0.25, 0.3) is 0 Å². The van der Waals surface area contributed by atoms with E-state index in [0.29, 0.717) is 11.3 Å². The molecule has 49 heavy (non-hydrogen) atoms. The molecule has 0 bridgehead atoms. The first-order chi connectivity index (χ1) is 23.1. The number of primary amides is 2. The van der Waals surface area contributed by atoms with Crippen LogP contribution in [0.1, 0.15) is 51.5 Å². The smallest absolute Gasteiger partial charge is 0.321 e. The maximum Gasteiger partial charge on any atom is 0.321 e. The minimum absolute atomic E-state index is 0.0339. The number of hydrogen-bond donors (Lipinski definition) is 7. The fourth-order valence-corrected chi connectivity index (χ4v) is 4.52. The van der Waals surface area contributed by atoms with Crippen molar-refractivity contribution < 1.29 is 43.1 Å². The Balaban J connectivity index is 2.11. The Hall–Kier alpha value is -5.13. The quantitative estimate of drug-likeness (QED) is 0.0542. The van der Waals surface area contributed by atoms with Gasteiger partial charge in [-0.2, -0.15) is 0 Å². The molecular formula is C31H44N8O9S. The van der Waals surface area contributed by atoms with Gasteiger partial charge in [0.15, 0.2) is 0 Å². The molecule has 1 aromatic rings. The molecule has 0 aromatic heterocycles. The first kappa shape index (κ1) is 40.0. The number of benzene rings is 1. The van der Waals surface area contributed by atoms with Gasteiger partial charge < -0.3 is 42.8 Å². The Morgan fingerprint density at radius 3 is 1.88 bits per heavy atom. The van der Waals surface area contributed by atoms with E-state index in [0.717, 1.165) is 17.1 Å². The molecular weight excluding hydrogens is 660 g/mol. The molecule has 1 heterocycles. The van der Waals surface area contributed by atoms with Crippen LogP contribution in [0.4, 0.5) is 15.3 Å². The highest BCUT2D eigenvalue weighted by Gasteiger charge is 2.29. The molecule has 0 saturated carbocycles. The number of carbonyl (C=O) groups is 8. The van der Waals surface area contributed by atoms with Crippen molar-refractivity contribution in [2.45, 2.75) is 69.4 Å². The summed E-state index contributed by atoms with van der Waals surface area (Å²) < 4.78 is 4.68. The molecule has 9 amide bonds. The Bertz CT molecular complexity index is 1400. The molecule has 0 saturated heterocycles. The van der Waals surface area contributed by atoms with E-state index in [1.54, 1.807) is 38.1 Å². The fourth-order valence-electron chi connectivity index (χ4n) is 4.30. The van der Waals surface area contributed by atoms with E-state index in [1.165, 1.54) is 11.8 Å². The molecule has 2 atom stereocenters. The van der Waals surface area contributed by atoms with Gasteiger partial charge in [-0.1, -0.05) is 12.1 Å². The monoisotopic (exact) mass is 704 g/mol. The number of amides is 9. The lowest BCUT2D eigenvalue weighted by Crippen LogP contribution is -2.53. The maximum absolute atomic E-state index is 13.5. The molecule has 0 spiro atoms. The van der Waals surface area contributed by atoms with E-state index in [1.807, 2.05) is 6.26 Å². The zero-order valence-electron chi connectivity index (χ0n) is 27.7. The van der Waals surface area contributed by atoms with Gasteiger partial charge in [0.2, 0.25) is 17.7 Å². The van der Waals surface area contributed by atoms with Crippen LogP contribution in [0.2, 0.25) is 0 Å². The second kappa shape index (κ2) is 19.6. The number of ether oxygens (including phenoxy) is 1. The highest BCUT2D eigenvalue weighted by Crippen LogP contribution is 2.23. The van der Waals surface area contributed by atoms with Gasteiger partial charge in [-0.25, -0.2) is 9.59 Å². The van der Waals surface area contributed by atoms with Crippen LogP contribution in [0.3, 0.4) is 0 Å². The van der Waals surface area contributed by atoms with Crippen LogP contribution >= 0.6 is 11.8 Å². The van der Waals surface area contributed by atoms with Crippen molar-refractivity contribution in [2.75, 3.05) is 31.2 Å². The van der Waals surface area contributed by atoms with Gasteiger partial charge in [0.05, 0.1) is 0 Å². The summed E-state index contributed by atoms with van der Waals surface area (Å²) in [5.74, 6) is -3.42. The summed E-state index contributed by atoms with van der Waals surface area (Å²) in [6.45, 7) is 3.57. The molecule has 9 N–H and O–H groups in total. The lowest BCUT2D eigenvalue weighted by atomic mass is 10.1. The van der Waals surface area contributed by atoms with Gasteiger partial charge in [0.1, 0.15) is 23.4 Å². The standard InChI is InChI=1S/C31H44N8O9S/c1-31(2,49-3)28(45)48-18-19-8-10-20(11-9-19)36-26(43)22(7-5-16-35-30(33)47)38-27(44)21(6-4-15-34-29(32)46)37-23(40)14-17-39-24(41)12-13-25(39)42/h8-13,21-22H,4-7,14-18H2,1-3H3,(H,36,43)(H,37,40)(H,38,44)(H3,32,34,46)(H3,33,35,47)/t21-,22-/m0/s1. The number of rotatable bonds is 20. The molecule has 0 aliphatic carbocycles. The van der Waals surface area contributed by atoms with Crippen molar-refractivity contribution in [1.29, 1.82) is 0 Å². The minimum Gasteiger partial charge on any atom is -0.460 e. The van der Waals surface area contributed by atoms with Crippen LogP contribution in [0, 0.1) is 0 Å². The highest BCUT2D eigenvalue weighted by molar-refractivity contribution is 8.00. The van der Waals surface area contributed by atoms with Crippen molar-refractivity contribution in [3.63, 3.8) is 0 Å². The Kier molecular flexibility index (Phi) is 16.0. The molecule has 1 aliphatic rings. The Morgan fingerprint density at radius 1 is 0.837 bits per heavy atom. The number of nitrogens with one attached hydrogen (secondary N) is 5. The van der Waals surface area contributed by atoms with Gasteiger partial charge in [-0.15, -0.1) is 11.8 Å². The number of hydrogen-bond acceptors (Lipinski definition) is 10. The molecule has 0 fully saturated rings. The van der Waals surface area contributed by atoms with Gasteiger partial charge in [0, 0.05) is 43.9 Å². The first-order valence-electron chi connectivity index (χ1n) is 15.4. The van der Waals surface area contributed by atoms with Crippen molar-refractivity contribution >= 4 is 65.0 Å². The van der Waals surface area contributed by atoms with E-state index in [2.05, 4.69) is 26.6 Å². The van der Waals surface area contributed by atoms with Crippen molar-refractivity contribution in [1.82, 2.24) is 26.2 Å². The van der Waals surface area contributed by atoms with Crippen LogP contribution < -0.4 is 38.1 Å². The first-order valence-corrected chi connectivity index (χ1v) is 16.7. The van der Waals surface area contributed by atoms with Gasteiger partial charge in [0.25, 0.3) is 11.8 Å². The van der Waals surface area contributed by atoms with Gasteiger partial charge in [-0.3, -0.25) is 33.7 Å². The highest BCUT2D eigenvalue weighted by atomic mass is 32.2. The minimum atomic E-state index is -1.16. The van der Waals surface area contributed by atoms with Crippen molar-refractivity contribution in [2.24, 2.45) is 11.5 Å². The third-order valence-corrected chi connectivity index (χ3v) is 8.47. The van der Waals surface area contributed by atoms with E-state index in [9.17, 15) is 38.4 Å². The lowest BCUT2D eigenvalue weighted by molar-refractivity contribution is -0.147. The molecule has 18 heteroatoms. The summed E-state index contributed by atoms with van der Waals surface area (Å²) in [4.78, 5) is 98.6. The molecule has 1 aliphatic heterocycles. The molecule has 0 radical (unpaired) electrons. The van der Waals surface area contributed by atoms with E-state index >= 15 is 0 Å². The maximum atomic E-state index is 13.5. The number of anilines is 1. The van der Waals surface area contributed by atoms with Crippen LogP contribution in [0.15, 0.2) is 36.4 Å². The van der Waals surface area contributed by atoms with Crippen LogP contribution in [-0.2, 0) is 40.1 Å². The van der Waals surface area contributed by atoms with Gasteiger partial charge >= 0.3 is 18.0 Å². The van der Waals surface area contributed by atoms with Crippen LogP contribution in [0.5, 0.6) is 0 Å². The lowest BCUT2D eigenvalue weighted by Gasteiger charge is -2.24. The second-order valence-electron chi connectivity index (χ2n) is 11.4. The van der Waals surface area contributed by atoms with Crippen molar-refractivity contribution in [3.05, 3.63) is 42.0 Å². The van der Waals surface area contributed by atoms with E-state index in [-0.39, 0.29) is 64.3 Å². The average Bonchev–Trinajstić information content (AvgIpc) is 3.37. The number of nitrogens with zero attached hydrogens (tertiary/aromatic N) is 1. The zero-order valence-corrected chi connectivity index (χ0v) is 28.5. The molecule has 2 rings (SSSR count). The predicted octanol–water partition coefficient (Wildman–Crippen LogP) is -0.00840. The average molecular weight is 705 g/mol.